The number of thiazole rings is 1. The Labute approximate surface area is 134 Å². The van der Waals surface area contributed by atoms with Crippen LogP contribution in [0.3, 0.4) is 0 Å². The fraction of sp³-hybridized carbons (Fsp3) is 0.824. The van der Waals surface area contributed by atoms with Crippen molar-refractivity contribution in [1.29, 1.82) is 0 Å². The lowest BCUT2D eigenvalue weighted by Crippen LogP contribution is -2.39. The highest BCUT2D eigenvalue weighted by atomic mass is 32.1. The summed E-state index contributed by atoms with van der Waals surface area (Å²) in [4.78, 5) is 7.44. The summed E-state index contributed by atoms with van der Waals surface area (Å²) >= 11 is 1.81. The Bertz CT molecular complexity index is 427. The molecule has 1 fully saturated rings. The molecule has 0 bridgehead atoms. The van der Waals surface area contributed by atoms with Gasteiger partial charge in [0.05, 0.1) is 10.7 Å². The number of hydrogen-bond donors (Lipinski definition) is 1. The van der Waals surface area contributed by atoms with Crippen LogP contribution in [0.4, 0.5) is 0 Å². The van der Waals surface area contributed by atoms with Gasteiger partial charge in [-0.3, -0.25) is 4.90 Å². The van der Waals surface area contributed by atoms with Crippen molar-refractivity contribution < 1.29 is 0 Å². The highest BCUT2D eigenvalue weighted by Gasteiger charge is 2.21. The standard InChI is InChI=1S/C17H31N3S/c1-13(2)9-20(10-14-7-6-8-18-14)11-15-12-21-16(19-15)17(3,4)5/h12-14,18H,6-11H2,1-5H3. The first-order valence-corrected chi connectivity index (χ1v) is 9.13. The number of hydrogen-bond acceptors (Lipinski definition) is 4. The minimum absolute atomic E-state index is 0.165. The first kappa shape index (κ1) is 16.9. The summed E-state index contributed by atoms with van der Waals surface area (Å²) in [6, 6.07) is 0.671. The van der Waals surface area contributed by atoms with Gasteiger partial charge in [0.1, 0.15) is 0 Å². The molecule has 1 aromatic rings. The van der Waals surface area contributed by atoms with Gasteiger partial charge in [-0.2, -0.15) is 0 Å². The Balaban J connectivity index is 1.98. The highest BCUT2D eigenvalue weighted by molar-refractivity contribution is 7.09. The maximum Gasteiger partial charge on any atom is 0.0982 e. The summed E-state index contributed by atoms with van der Waals surface area (Å²) in [5, 5.41) is 7.11. The molecule has 1 aliphatic heterocycles. The molecule has 1 saturated heterocycles. The average molecular weight is 310 g/mol. The van der Waals surface area contributed by atoms with Crippen molar-refractivity contribution in [1.82, 2.24) is 15.2 Å². The van der Waals surface area contributed by atoms with Crippen molar-refractivity contribution in [2.45, 2.75) is 65.5 Å². The van der Waals surface area contributed by atoms with Gasteiger partial charge in [0.15, 0.2) is 0 Å². The summed E-state index contributed by atoms with van der Waals surface area (Å²) in [5.41, 5.74) is 1.40. The summed E-state index contributed by atoms with van der Waals surface area (Å²) in [5.74, 6) is 0.701. The van der Waals surface area contributed by atoms with Crippen LogP contribution in [0, 0.1) is 5.92 Å². The van der Waals surface area contributed by atoms with E-state index in [4.69, 9.17) is 4.98 Å². The van der Waals surface area contributed by atoms with E-state index in [2.05, 4.69) is 50.2 Å². The van der Waals surface area contributed by atoms with Crippen LogP contribution in [-0.2, 0) is 12.0 Å². The Morgan fingerprint density at radius 1 is 1.43 bits per heavy atom. The van der Waals surface area contributed by atoms with Crippen molar-refractivity contribution >= 4 is 11.3 Å². The molecule has 4 heteroatoms. The van der Waals surface area contributed by atoms with E-state index in [1.165, 1.54) is 30.1 Å². The van der Waals surface area contributed by atoms with Crippen LogP contribution in [0.1, 0.15) is 58.2 Å². The number of rotatable bonds is 6. The van der Waals surface area contributed by atoms with Crippen LogP contribution in [0.2, 0.25) is 0 Å². The lowest BCUT2D eigenvalue weighted by molar-refractivity contribution is 0.214. The number of nitrogens with one attached hydrogen (secondary N) is 1. The summed E-state index contributed by atoms with van der Waals surface area (Å²) in [6.07, 6.45) is 2.64. The van der Waals surface area contributed by atoms with E-state index < -0.39 is 0 Å². The summed E-state index contributed by atoms with van der Waals surface area (Å²) < 4.78 is 0. The fourth-order valence-electron chi connectivity index (χ4n) is 2.90. The molecule has 21 heavy (non-hydrogen) atoms. The van der Waals surface area contributed by atoms with Crippen LogP contribution in [0.5, 0.6) is 0 Å². The molecule has 1 atom stereocenters. The van der Waals surface area contributed by atoms with E-state index in [0.29, 0.717) is 12.0 Å². The molecular weight excluding hydrogens is 278 g/mol. The molecule has 2 heterocycles. The number of nitrogens with zero attached hydrogens (tertiary/aromatic N) is 2. The second-order valence-corrected chi connectivity index (χ2v) is 8.63. The van der Waals surface area contributed by atoms with Crippen molar-refractivity contribution in [3.63, 3.8) is 0 Å². The monoisotopic (exact) mass is 309 g/mol. The normalized spacial score (nSPS) is 19.9. The van der Waals surface area contributed by atoms with E-state index in [-0.39, 0.29) is 5.41 Å². The van der Waals surface area contributed by atoms with Gasteiger partial charge in [0.25, 0.3) is 0 Å². The molecule has 2 rings (SSSR count). The first-order chi connectivity index (χ1) is 9.84. The third-order valence-corrected chi connectivity index (χ3v) is 5.16. The van der Waals surface area contributed by atoms with Crippen LogP contribution < -0.4 is 5.32 Å². The van der Waals surface area contributed by atoms with Crippen molar-refractivity contribution in [3.8, 4) is 0 Å². The smallest absolute Gasteiger partial charge is 0.0982 e. The van der Waals surface area contributed by atoms with Gasteiger partial charge >= 0.3 is 0 Å². The predicted molar refractivity (Wildman–Crippen MR) is 92.0 cm³/mol. The molecule has 0 aromatic carbocycles. The largest absolute Gasteiger partial charge is 0.313 e. The topological polar surface area (TPSA) is 28.2 Å². The third kappa shape index (κ3) is 5.35. The van der Waals surface area contributed by atoms with E-state index >= 15 is 0 Å². The zero-order valence-electron chi connectivity index (χ0n) is 14.3. The molecule has 0 radical (unpaired) electrons. The summed E-state index contributed by atoms with van der Waals surface area (Å²) in [7, 11) is 0. The average Bonchev–Trinajstić information content (AvgIpc) is 2.98. The number of aromatic nitrogens is 1. The van der Waals surface area contributed by atoms with E-state index in [0.717, 1.165) is 19.6 Å². The Morgan fingerprint density at radius 2 is 2.19 bits per heavy atom. The fourth-order valence-corrected chi connectivity index (χ4v) is 3.80. The van der Waals surface area contributed by atoms with E-state index in [1.807, 2.05) is 0 Å². The second-order valence-electron chi connectivity index (χ2n) is 7.78. The van der Waals surface area contributed by atoms with Gasteiger partial charge in [0, 0.05) is 36.5 Å². The Morgan fingerprint density at radius 3 is 2.71 bits per heavy atom. The maximum atomic E-state index is 4.86. The molecule has 0 spiro atoms. The molecule has 0 amide bonds. The van der Waals surface area contributed by atoms with E-state index in [9.17, 15) is 0 Å². The highest BCUT2D eigenvalue weighted by Crippen LogP contribution is 2.26. The maximum absolute atomic E-state index is 4.86. The third-order valence-electron chi connectivity index (χ3n) is 3.84. The lowest BCUT2D eigenvalue weighted by atomic mass is 9.98. The van der Waals surface area contributed by atoms with Crippen LogP contribution in [0.15, 0.2) is 5.38 Å². The lowest BCUT2D eigenvalue weighted by Gasteiger charge is -2.26. The van der Waals surface area contributed by atoms with Crippen LogP contribution in [0.25, 0.3) is 0 Å². The van der Waals surface area contributed by atoms with Crippen LogP contribution >= 0.6 is 11.3 Å². The zero-order chi connectivity index (χ0) is 15.5. The molecule has 0 aliphatic carbocycles. The minimum Gasteiger partial charge on any atom is -0.313 e. The molecule has 1 aromatic heterocycles. The Hall–Kier alpha value is -0.450. The molecule has 1 N–H and O–H groups in total. The van der Waals surface area contributed by atoms with Crippen molar-refractivity contribution in [2.75, 3.05) is 19.6 Å². The van der Waals surface area contributed by atoms with Gasteiger partial charge in [0.2, 0.25) is 0 Å². The van der Waals surface area contributed by atoms with Gasteiger partial charge in [-0.1, -0.05) is 34.6 Å². The molecule has 1 aliphatic rings. The van der Waals surface area contributed by atoms with Crippen molar-refractivity contribution in [2.24, 2.45) is 5.92 Å². The molecule has 0 saturated carbocycles. The van der Waals surface area contributed by atoms with Crippen LogP contribution in [-0.4, -0.2) is 35.6 Å². The Kier molecular flexibility index (Phi) is 5.81. The first-order valence-electron chi connectivity index (χ1n) is 8.25. The zero-order valence-corrected chi connectivity index (χ0v) is 15.1. The molecular formula is C17H31N3S. The predicted octanol–water partition coefficient (Wildman–Crippen LogP) is 3.65. The molecule has 120 valence electrons. The molecule has 3 nitrogen and oxygen atoms in total. The van der Waals surface area contributed by atoms with E-state index in [1.54, 1.807) is 11.3 Å². The van der Waals surface area contributed by atoms with Crippen molar-refractivity contribution in [3.05, 3.63) is 16.1 Å². The van der Waals surface area contributed by atoms with Gasteiger partial charge in [-0.05, 0) is 25.3 Å². The van der Waals surface area contributed by atoms with Gasteiger partial charge < -0.3 is 5.32 Å². The quantitative estimate of drug-likeness (QED) is 0.869. The summed E-state index contributed by atoms with van der Waals surface area (Å²) in [6.45, 7) is 15.8. The second kappa shape index (κ2) is 7.21. The minimum atomic E-state index is 0.165. The van der Waals surface area contributed by atoms with Gasteiger partial charge in [-0.15, -0.1) is 11.3 Å². The van der Waals surface area contributed by atoms with Gasteiger partial charge in [-0.25, -0.2) is 4.98 Å². The SMILES string of the molecule is CC(C)CN(Cc1csc(C(C)(C)C)n1)CC1CCCN1. The molecule has 1 unspecified atom stereocenters.